The zero-order chi connectivity index (χ0) is 16.9. The third-order valence-corrected chi connectivity index (χ3v) is 4.69. The average Bonchev–Trinajstić information content (AvgIpc) is 2.59. The van der Waals surface area contributed by atoms with Crippen molar-refractivity contribution in [2.45, 2.75) is 18.4 Å². The minimum absolute atomic E-state index is 0.000293. The molecule has 124 valence electrons. The fourth-order valence-corrected chi connectivity index (χ4v) is 3.14. The first-order valence-corrected chi connectivity index (χ1v) is 8.61. The van der Waals surface area contributed by atoms with Gasteiger partial charge in [0.05, 0.1) is 11.4 Å². The smallest absolute Gasteiger partial charge is 0.258 e. The van der Waals surface area contributed by atoms with E-state index < -0.39 is 0 Å². The molecule has 0 saturated carbocycles. The lowest BCUT2D eigenvalue weighted by Crippen LogP contribution is -2.28. The number of rotatable bonds is 5. The molecule has 0 fully saturated rings. The van der Waals surface area contributed by atoms with Gasteiger partial charge in [0.2, 0.25) is 5.91 Å². The summed E-state index contributed by atoms with van der Waals surface area (Å²) >= 11 is 1.52. The Kier molecular flexibility index (Phi) is 5.05. The second kappa shape index (κ2) is 7.40. The van der Waals surface area contributed by atoms with E-state index in [9.17, 15) is 9.59 Å². The summed E-state index contributed by atoms with van der Waals surface area (Å²) in [5.74, 6) is 0.968. The number of carbonyl (C=O) groups is 2. The van der Waals surface area contributed by atoms with Crippen molar-refractivity contribution in [1.29, 1.82) is 0 Å². The van der Waals surface area contributed by atoms with Crippen LogP contribution in [0.3, 0.4) is 0 Å². The molecular formula is C18H18N2O3S. The summed E-state index contributed by atoms with van der Waals surface area (Å²) in [4.78, 5) is 24.4. The van der Waals surface area contributed by atoms with Gasteiger partial charge >= 0.3 is 0 Å². The van der Waals surface area contributed by atoms with Gasteiger partial charge in [0.15, 0.2) is 6.61 Å². The molecule has 0 aromatic heterocycles. The van der Waals surface area contributed by atoms with Crippen LogP contribution in [0.25, 0.3) is 0 Å². The van der Waals surface area contributed by atoms with Gasteiger partial charge in [-0.1, -0.05) is 24.3 Å². The fourth-order valence-electron chi connectivity index (χ4n) is 2.35. The Morgan fingerprint density at radius 1 is 1.29 bits per heavy atom. The number of benzene rings is 2. The molecule has 5 nitrogen and oxygen atoms in total. The van der Waals surface area contributed by atoms with E-state index in [1.54, 1.807) is 0 Å². The Hall–Kier alpha value is -2.47. The van der Waals surface area contributed by atoms with Crippen molar-refractivity contribution < 1.29 is 14.3 Å². The summed E-state index contributed by atoms with van der Waals surface area (Å²) in [5.41, 5.74) is 2.73. The number of ether oxygens (including phenoxy) is 1. The van der Waals surface area contributed by atoms with Crippen LogP contribution in [-0.2, 0) is 16.1 Å². The largest absolute Gasteiger partial charge is 0.484 e. The number of aryl methyl sites for hydroxylation is 1. The van der Waals surface area contributed by atoms with Crippen molar-refractivity contribution >= 4 is 29.3 Å². The SMILES string of the molecule is Cc1ccccc1OCC(=O)NCc1ccc2c(c1)NC(=O)CS2. The number of nitrogens with one attached hydrogen (secondary N) is 2. The van der Waals surface area contributed by atoms with Gasteiger partial charge < -0.3 is 15.4 Å². The van der Waals surface area contributed by atoms with E-state index in [0.717, 1.165) is 21.7 Å². The molecule has 2 amide bonds. The fraction of sp³-hybridized carbons (Fsp3) is 0.222. The molecule has 0 saturated heterocycles. The van der Waals surface area contributed by atoms with Crippen LogP contribution in [-0.4, -0.2) is 24.2 Å². The summed E-state index contributed by atoms with van der Waals surface area (Å²) in [6, 6.07) is 13.4. The van der Waals surface area contributed by atoms with Gasteiger partial charge in [-0.2, -0.15) is 0 Å². The van der Waals surface area contributed by atoms with Crippen LogP contribution in [0.1, 0.15) is 11.1 Å². The van der Waals surface area contributed by atoms with Crippen LogP contribution in [0, 0.1) is 6.92 Å². The number of thioether (sulfide) groups is 1. The van der Waals surface area contributed by atoms with Crippen LogP contribution in [0.15, 0.2) is 47.4 Å². The number of amides is 2. The summed E-state index contributed by atoms with van der Waals surface area (Å²) in [6.07, 6.45) is 0. The van der Waals surface area contributed by atoms with E-state index in [1.807, 2.05) is 49.4 Å². The van der Waals surface area contributed by atoms with Crippen LogP contribution < -0.4 is 15.4 Å². The maximum absolute atomic E-state index is 11.9. The van der Waals surface area contributed by atoms with E-state index in [-0.39, 0.29) is 18.4 Å². The molecule has 1 aliphatic rings. The second-order valence-corrected chi connectivity index (χ2v) is 6.52. The van der Waals surface area contributed by atoms with Crippen molar-refractivity contribution in [3.05, 3.63) is 53.6 Å². The number of hydrogen-bond donors (Lipinski definition) is 2. The topological polar surface area (TPSA) is 67.4 Å². The average molecular weight is 342 g/mol. The molecule has 2 aromatic rings. The molecule has 2 N–H and O–H groups in total. The van der Waals surface area contributed by atoms with Crippen molar-refractivity contribution in [2.24, 2.45) is 0 Å². The molecule has 0 bridgehead atoms. The lowest BCUT2D eigenvalue weighted by Gasteiger charge is -2.17. The second-order valence-electron chi connectivity index (χ2n) is 5.50. The zero-order valence-electron chi connectivity index (χ0n) is 13.3. The highest BCUT2D eigenvalue weighted by Crippen LogP contribution is 2.31. The molecular weight excluding hydrogens is 324 g/mol. The van der Waals surface area contributed by atoms with Gasteiger partial charge in [0.25, 0.3) is 5.91 Å². The highest BCUT2D eigenvalue weighted by molar-refractivity contribution is 8.00. The van der Waals surface area contributed by atoms with Crippen LogP contribution in [0.4, 0.5) is 5.69 Å². The first-order valence-electron chi connectivity index (χ1n) is 7.62. The third kappa shape index (κ3) is 4.08. The third-order valence-electron chi connectivity index (χ3n) is 3.62. The maximum atomic E-state index is 11.9. The summed E-state index contributed by atoms with van der Waals surface area (Å²) in [5, 5.41) is 5.67. The zero-order valence-corrected chi connectivity index (χ0v) is 14.1. The highest BCUT2D eigenvalue weighted by atomic mass is 32.2. The predicted octanol–water partition coefficient (Wildman–Crippen LogP) is 2.73. The molecule has 24 heavy (non-hydrogen) atoms. The molecule has 3 rings (SSSR count). The number of carbonyl (C=O) groups excluding carboxylic acids is 2. The van der Waals surface area contributed by atoms with Crippen molar-refractivity contribution in [2.75, 3.05) is 17.7 Å². The Morgan fingerprint density at radius 2 is 2.12 bits per heavy atom. The lowest BCUT2D eigenvalue weighted by atomic mass is 10.2. The quantitative estimate of drug-likeness (QED) is 0.877. The Labute approximate surface area is 144 Å². The molecule has 1 heterocycles. The lowest BCUT2D eigenvalue weighted by molar-refractivity contribution is -0.123. The van der Waals surface area contributed by atoms with Gasteiger partial charge in [-0.25, -0.2) is 0 Å². The molecule has 6 heteroatoms. The number of fused-ring (bicyclic) bond motifs is 1. The van der Waals surface area contributed by atoms with E-state index in [4.69, 9.17) is 4.74 Å². The number of para-hydroxylation sites is 1. The minimum Gasteiger partial charge on any atom is -0.484 e. The normalized spacial score (nSPS) is 13.0. The van der Waals surface area contributed by atoms with Crippen molar-refractivity contribution in [3.8, 4) is 5.75 Å². The molecule has 0 spiro atoms. The first-order chi connectivity index (χ1) is 11.6. The Morgan fingerprint density at radius 3 is 2.96 bits per heavy atom. The van der Waals surface area contributed by atoms with E-state index in [1.165, 1.54) is 11.8 Å². The summed E-state index contributed by atoms with van der Waals surface area (Å²) in [7, 11) is 0. The summed E-state index contributed by atoms with van der Waals surface area (Å²) < 4.78 is 5.52. The minimum atomic E-state index is -0.186. The van der Waals surface area contributed by atoms with Gasteiger partial charge in [-0.05, 0) is 36.2 Å². The van der Waals surface area contributed by atoms with E-state index in [2.05, 4.69) is 10.6 Å². The van der Waals surface area contributed by atoms with Crippen LogP contribution in [0.5, 0.6) is 5.75 Å². The Balaban J connectivity index is 1.52. The van der Waals surface area contributed by atoms with Gasteiger partial charge in [0, 0.05) is 11.4 Å². The Bertz CT molecular complexity index is 777. The molecule has 1 aliphatic heterocycles. The molecule has 2 aromatic carbocycles. The van der Waals surface area contributed by atoms with E-state index in [0.29, 0.717) is 18.0 Å². The van der Waals surface area contributed by atoms with E-state index >= 15 is 0 Å². The van der Waals surface area contributed by atoms with Crippen molar-refractivity contribution in [1.82, 2.24) is 5.32 Å². The first kappa shape index (κ1) is 16.4. The highest BCUT2D eigenvalue weighted by Gasteiger charge is 2.15. The predicted molar refractivity (Wildman–Crippen MR) is 94.3 cm³/mol. The molecule has 0 atom stereocenters. The van der Waals surface area contributed by atoms with Gasteiger partial charge in [-0.15, -0.1) is 11.8 Å². The van der Waals surface area contributed by atoms with Gasteiger partial charge in [-0.3, -0.25) is 9.59 Å². The molecule has 0 aliphatic carbocycles. The van der Waals surface area contributed by atoms with Crippen LogP contribution in [0.2, 0.25) is 0 Å². The molecule has 0 unspecified atom stereocenters. The van der Waals surface area contributed by atoms with Crippen LogP contribution >= 0.6 is 11.8 Å². The monoisotopic (exact) mass is 342 g/mol. The number of hydrogen-bond acceptors (Lipinski definition) is 4. The van der Waals surface area contributed by atoms with Gasteiger partial charge in [0.1, 0.15) is 5.75 Å². The van der Waals surface area contributed by atoms with Crippen molar-refractivity contribution in [3.63, 3.8) is 0 Å². The number of anilines is 1. The summed E-state index contributed by atoms with van der Waals surface area (Å²) in [6.45, 7) is 2.30. The maximum Gasteiger partial charge on any atom is 0.258 e. The standard InChI is InChI=1S/C18H18N2O3S/c1-12-4-2-3-5-15(12)23-10-17(21)19-9-13-6-7-16-14(8-13)20-18(22)11-24-16/h2-8H,9-11H2,1H3,(H,19,21)(H,20,22). The molecule has 0 radical (unpaired) electrons.